The monoisotopic (exact) mass is 500 g/mol. The molecule has 1 saturated heterocycles. The molecule has 35 heavy (non-hydrogen) atoms. The van der Waals surface area contributed by atoms with Gasteiger partial charge in [-0.25, -0.2) is 9.67 Å². The summed E-state index contributed by atoms with van der Waals surface area (Å²) in [6.45, 7) is 3.23. The second-order valence-corrected chi connectivity index (χ2v) is 10.5. The lowest BCUT2D eigenvalue weighted by atomic mass is 10.2. The van der Waals surface area contributed by atoms with Crippen LogP contribution < -0.4 is 4.90 Å². The summed E-state index contributed by atoms with van der Waals surface area (Å²) in [7, 11) is 0. The minimum absolute atomic E-state index is 0.0268. The Kier molecular flexibility index (Phi) is 5.93. The molecule has 1 fully saturated rings. The average molecular weight is 501 g/mol. The number of aryl methyl sites for hydroxylation is 1. The SMILES string of the molecule is Cc1nn(-c2ccccc2)c2sc(C(=O)N(CC3CCCO3)c3nc(-c4ccccc4)cs3)cc12. The average Bonchev–Trinajstić information content (AvgIpc) is 3.70. The van der Waals surface area contributed by atoms with Crippen molar-refractivity contribution in [3.05, 3.63) is 82.7 Å². The zero-order valence-electron chi connectivity index (χ0n) is 19.3. The Morgan fingerprint density at radius 2 is 1.91 bits per heavy atom. The van der Waals surface area contributed by atoms with Crippen LogP contribution in [0.5, 0.6) is 0 Å². The summed E-state index contributed by atoms with van der Waals surface area (Å²) < 4.78 is 7.82. The van der Waals surface area contributed by atoms with Crippen LogP contribution in [0, 0.1) is 6.92 Å². The summed E-state index contributed by atoms with van der Waals surface area (Å²) in [4.78, 5) is 22.2. The molecule has 0 bridgehead atoms. The van der Waals surface area contributed by atoms with Crippen molar-refractivity contribution in [2.24, 2.45) is 0 Å². The van der Waals surface area contributed by atoms with Crippen LogP contribution in [0.25, 0.3) is 27.2 Å². The largest absolute Gasteiger partial charge is 0.376 e. The highest BCUT2D eigenvalue weighted by Gasteiger charge is 2.29. The minimum atomic E-state index is -0.0466. The van der Waals surface area contributed by atoms with Gasteiger partial charge in [-0.1, -0.05) is 48.5 Å². The normalized spacial score (nSPS) is 15.6. The third kappa shape index (κ3) is 4.29. The molecule has 8 heteroatoms. The smallest absolute Gasteiger partial charge is 0.270 e. The van der Waals surface area contributed by atoms with E-state index in [1.165, 1.54) is 22.7 Å². The number of fused-ring (bicyclic) bond motifs is 1. The van der Waals surface area contributed by atoms with Gasteiger partial charge in [0.05, 0.1) is 34.6 Å². The van der Waals surface area contributed by atoms with Gasteiger partial charge in [0.2, 0.25) is 0 Å². The van der Waals surface area contributed by atoms with Crippen molar-refractivity contribution in [1.29, 1.82) is 0 Å². The number of ether oxygens (including phenoxy) is 1. The van der Waals surface area contributed by atoms with Gasteiger partial charge < -0.3 is 4.74 Å². The molecule has 5 aromatic rings. The van der Waals surface area contributed by atoms with Crippen LogP contribution in [0.3, 0.4) is 0 Å². The minimum Gasteiger partial charge on any atom is -0.376 e. The van der Waals surface area contributed by atoms with Crippen LogP contribution in [0.4, 0.5) is 5.13 Å². The summed E-state index contributed by atoms with van der Waals surface area (Å²) in [5, 5.41) is 8.43. The van der Waals surface area contributed by atoms with Gasteiger partial charge in [0, 0.05) is 22.9 Å². The van der Waals surface area contributed by atoms with E-state index in [1.807, 2.05) is 83.7 Å². The number of rotatable bonds is 6. The predicted octanol–water partition coefficient (Wildman–Crippen LogP) is 6.34. The van der Waals surface area contributed by atoms with E-state index in [0.29, 0.717) is 16.6 Å². The number of anilines is 1. The maximum absolute atomic E-state index is 13.9. The Hall–Kier alpha value is -3.33. The van der Waals surface area contributed by atoms with Crippen molar-refractivity contribution in [3.8, 4) is 16.9 Å². The fraction of sp³-hybridized carbons (Fsp3) is 0.222. The summed E-state index contributed by atoms with van der Waals surface area (Å²) in [6, 6.07) is 22.1. The van der Waals surface area contributed by atoms with Crippen molar-refractivity contribution < 1.29 is 9.53 Å². The molecule has 1 unspecified atom stereocenters. The Balaban J connectivity index is 1.37. The predicted molar refractivity (Wildman–Crippen MR) is 142 cm³/mol. The number of thiazole rings is 1. The van der Waals surface area contributed by atoms with Gasteiger partial charge in [-0.3, -0.25) is 9.69 Å². The van der Waals surface area contributed by atoms with Crippen LogP contribution in [0.15, 0.2) is 72.1 Å². The van der Waals surface area contributed by atoms with Gasteiger partial charge in [0.25, 0.3) is 5.91 Å². The third-order valence-corrected chi connectivity index (χ3v) is 8.17. The summed E-state index contributed by atoms with van der Waals surface area (Å²) in [5.74, 6) is -0.0466. The Morgan fingerprint density at radius 1 is 1.14 bits per heavy atom. The molecule has 0 N–H and O–H groups in total. The summed E-state index contributed by atoms with van der Waals surface area (Å²) in [5.41, 5.74) is 3.81. The number of carbonyl (C=O) groups excluding carboxylic acids is 1. The van der Waals surface area contributed by atoms with E-state index < -0.39 is 0 Å². The zero-order valence-corrected chi connectivity index (χ0v) is 20.9. The molecular weight excluding hydrogens is 476 g/mol. The zero-order chi connectivity index (χ0) is 23.8. The molecule has 1 atom stereocenters. The quantitative estimate of drug-likeness (QED) is 0.273. The molecule has 0 aliphatic carbocycles. The number of hydrogen-bond acceptors (Lipinski definition) is 6. The summed E-state index contributed by atoms with van der Waals surface area (Å²) >= 11 is 2.97. The first-order valence-electron chi connectivity index (χ1n) is 11.7. The topological polar surface area (TPSA) is 60.2 Å². The molecule has 0 spiro atoms. The van der Waals surface area contributed by atoms with E-state index in [2.05, 4.69) is 0 Å². The molecule has 0 saturated carbocycles. The van der Waals surface area contributed by atoms with E-state index in [1.54, 1.807) is 4.90 Å². The van der Waals surface area contributed by atoms with Crippen molar-refractivity contribution in [2.75, 3.05) is 18.1 Å². The number of hydrogen-bond donors (Lipinski definition) is 0. The molecule has 1 aliphatic rings. The van der Waals surface area contributed by atoms with Crippen LogP contribution in [0.1, 0.15) is 28.2 Å². The van der Waals surface area contributed by atoms with Gasteiger partial charge in [-0.2, -0.15) is 5.10 Å². The van der Waals surface area contributed by atoms with Gasteiger partial charge >= 0.3 is 0 Å². The molecule has 176 valence electrons. The van der Waals surface area contributed by atoms with Gasteiger partial charge in [0.1, 0.15) is 4.83 Å². The van der Waals surface area contributed by atoms with Crippen LogP contribution in [-0.4, -0.2) is 39.9 Å². The van der Waals surface area contributed by atoms with E-state index in [0.717, 1.165) is 52.3 Å². The van der Waals surface area contributed by atoms with E-state index in [4.69, 9.17) is 14.8 Å². The number of para-hydroxylation sites is 1. The highest BCUT2D eigenvalue weighted by atomic mass is 32.1. The second kappa shape index (κ2) is 9.37. The van der Waals surface area contributed by atoms with E-state index in [-0.39, 0.29) is 12.0 Å². The number of benzene rings is 2. The van der Waals surface area contributed by atoms with E-state index in [9.17, 15) is 4.79 Å². The maximum Gasteiger partial charge on any atom is 0.270 e. The Labute approximate surface area is 211 Å². The molecule has 2 aromatic carbocycles. The molecule has 6 nitrogen and oxygen atoms in total. The lowest BCUT2D eigenvalue weighted by Gasteiger charge is -2.22. The third-order valence-electron chi connectivity index (χ3n) is 6.20. The van der Waals surface area contributed by atoms with Gasteiger partial charge in [-0.15, -0.1) is 22.7 Å². The number of nitrogens with zero attached hydrogens (tertiary/aromatic N) is 4. The first-order chi connectivity index (χ1) is 17.2. The second-order valence-electron chi connectivity index (χ2n) is 8.59. The number of amides is 1. The lowest BCUT2D eigenvalue weighted by molar-refractivity contribution is 0.0920. The lowest BCUT2D eigenvalue weighted by Crippen LogP contribution is -2.37. The van der Waals surface area contributed by atoms with Crippen LogP contribution >= 0.6 is 22.7 Å². The van der Waals surface area contributed by atoms with Crippen LogP contribution in [0.2, 0.25) is 0 Å². The number of aromatic nitrogens is 3. The van der Waals surface area contributed by atoms with Crippen molar-refractivity contribution in [1.82, 2.24) is 14.8 Å². The fourth-order valence-corrected chi connectivity index (χ4v) is 6.37. The standard InChI is InChI=1S/C27H24N4O2S2/c1-18-22-15-24(35-26(22)31(29-18)20-11-6-3-7-12-20)25(32)30(16-21-13-8-14-33-21)27-28-23(17-34-27)19-9-4-2-5-10-19/h2-7,9-12,15,17,21H,8,13-14,16H2,1H3. The Morgan fingerprint density at radius 3 is 2.66 bits per heavy atom. The molecule has 1 aliphatic heterocycles. The maximum atomic E-state index is 13.9. The van der Waals surface area contributed by atoms with Crippen molar-refractivity contribution in [3.63, 3.8) is 0 Å². The molecule has 4 heterocycles. The Bertz CT molecular complexity index is 1470. The fourth-order valence-electron chi connectivity index (χ4n) is 4.40. The number of thiophene rings is 1. The highest BCUT2D eigenvalue weighted by molar-refractivity contribution is 7.20. The van der Waals surface area contributed by atoms with Crippen molar-refractivity contribution >= 4 is 43.9 Å². The molecule has 0 radical (unpaired) electrons. The molecule has 1 amide bonds. The molecule has 3 aromatic heterocycles. The highest BCUT2D eigenvalue weighted by Crippen LogP contribution is 2.34. The van der Waals surface area contributed by atoms with Crippen molar-refractivity contribution in [2.45, 2.75) is 25.9 Å². The van der Waals surface area contributed by atoms with Gasteiger partial charge in [-0.05, 0) is 38.0 Å². The van der Waals surface area contributed by atoms with Gasteiger partial charge in [0.15, 0.2) is 5.13 Å². The first-order valence-corrected chi connectivity index (χ1v) is 13.4. The number of carbonyl (C=O) groups is 1. The first kappa shape index (κ1) is 22.2. The van der Waals surface area contributed by atoms with Crippen LogP contribution in [-0.2, 0) is 4.74 Å². The molecule has 6 rings (SSSR count). The van der Waals surface area contributed by atoms with E-state index >= 15 is 0 Å². The molecular formula is C27H24N4O2S2. The summed E-state index contributed by atoms with van der Waals surface area (Å²) in [6.07, 6.45) is 2.00.